The molecule has 5 heteroatoms. The van der Waals surface area contributed by atoms with Gasteiger partial charge in [-0.05, 0) is 30.3 Å². The molecular weight excluding hydrogens is 354 g/mol. The van der Waals surface area contributed by atoms with E-state index in [4.69, 9.17) is 4.42 Å². The van der Waals surface area contributed by atoms with Gasteiger partial charge in [0.15, 0.2) is 5.58 Å². The molecule has 4 rings (SSSR count). The molecule has 0 aliphatic rings. The van der Waals surface area contributed by atoms with E-state index in [2.05, 4.69) is 32.3 Å². The fourth-order valence-electron chi connectivity index (χ4n) is 2.56. The Hall–Kier alpha value is -2.84. The number of aromatic nitrogens is 1. The van der Waals surface area contributed by atoms with Gasteiger partial charge in [0, 0.05) is 21.7 Å². The van der Waals surface area contributed by atoms with E-state index in [1.807, 2.05) is 48.5 Å². The molecule has 4 aromatic rings. The van der Waals surface area contributed by atoms with Crippen LogP contribution < -0.4 is 5.32 Å². The second kappa shape index (κ2) is 5.41. The molecule has 4 nitrogen and oxygen atoms in total. The van der Waals surface area contributed by atoms with Crippen LogP contribution in [0.3, 0.4) is 0 Å². The molecule has 23 heavy (non-hydrogen) atoms. The van der Waals surface area contributed by atoms with Crippen LogP contribution in [-0.2, 0) is 0 Å². The molecule has 0 fully saturated rings. The lowest BCUT2D eigenvalue weighted by atomic mass is 10.1. The van der Waals surface area contributed by atoms with Crippen molar-refractivity contribution < 1.29 is 4.42 Å². The number of pyridine rings is 1. The Morgan fingerprint density at radius 2 is 2.00 bits per heavy atom. The van der Waals surface area contributed by atoms with Crippen LogP contribution >= 0.6 is 15.9 Å². The molecule has 110 valence electrons. The lowest BCUT2D eigenvalue weighted by molar-refractivity contribution is 0.669. The molecule has 2 heterocycles. The molecule has 0 amide bonds. The maximum atomic E-state index is 9.40. The van der Waals surface area contributed by atoms with Gasteiger partial charge in [0.1, 0.15) is 22.9 Å². The van der Waals surface area contributed by atoms with Gasteiger partial charge < -0.3 is 9.73 Å². The van der Waals surface area contributed by atoms with Crippen molar-refractivity contribution in [3.8, 4) is 6.07 Å². The molecule has 0 bridgehead atoms. The first-order chi connectivity index (χ1) is 11.3. The van der Waals surface area contributed by atoms with Crippen molar-refractivity contribution in [2.75, 3.05) is 5.32 Å². The number of nitriles is 1. The average molecular weight is 364 g/mol. The lowest BCUT2D eigenvalue weighted by Crippen LogP contribution is -1.95. The Labute approximate surface area is 140 Å². The van der Waals surface area contributed by atoms with E-state index < -0.39 is 0 Å². The maximum absolute atomic E-state index is 9.40. The van der Waals surface area contributed by atoms with Crippen LogP contribution in [-0.4, -0.2) is 4.98 Å². The molecule has 0 saturated carbocycles. The first-order valence-corrected chi connectivity index (χ1v) is 7.78. The fraction of sp³-hybridized carbons (Fsp3) is 0. The summed E-state index contributed by atoms with van der Waals surface area (Å²) in [7, 11) is 0. The molecule has 1 N–H and O–H groups in total. The molecule has 0 unspecified atom stereocenters. The standard InChI is InChI=1S/C18H10BrN3O/c19-12-4-3-5-13(8-12)22-16-11(9-20)10-21-17-14-6-1-2-7-15(14)23-18(16)17/h1-8,10H,(H,21,22). The average Bonchev–Trinajstić information content (AvgIpc) is 2.94. The molecule has 0 atom stereocenters. The highest BCUT2D eigenvalue weighted by Gasteiger charge is 2.16. The van der Waals surface area contributed by atoms with Gasteiger partial charge in [-0.2, -0.15) is 5.26 Å². The van der Waals surface area contributed by atoms with Gasteiger partial charge in [-0.25, -0.2) is 0 Å². The van der Waals surface area contributed by atoms with E-state index in [9.17, 15) is 5.26 Å². The topological polar surface area (TPSA) is 61.9 Å². The van der Waals surface area contributed by atoms with Crippen molar-refractivity contribution in [3.63, 3.8) is 0 Å². The minimum atomic E-state index is 0.441. The molecular formula is C18H10BrN3O. The number of anilines is 2. The van der Waals surface area contributed by atoms with E-state index in [0.717, 1.165) is 26.6 Å². The summed E-state index contributed by atoms with van der Waals surface area (Å²) in [5, 5.41) is 13.6. The van der Waals surface area contributed by atoms with Gasteiger partial charge in [0.2, 0.25) is 0 Å². The summed E-state index contributed by atoms with van der Waals surface area (Å²) in [4.78, 5) is 4.39. The lowest BCUT2D eigenvalue weighted by Gasteiger charge is -2.08. The van der Waals surface area contributed by atoms with E-state index in [1.54, 1.807) is 6.20 Å². The van der Waals surface area contributed by atoms with Gasteiger partial charge in [-0.15, -0.1) is 0 Å². The molecule has 0 aliphatic carbocycles. The number of benzene rings is 2. The fourth-order valence-corrected chi connectivity index (χ4v) is 2.96. The summed E-state index contributed by atoms with van der Waals surface area (Å²) >= 11 is 3.45. The number of fused-ring (bicyclic) bond motifs is 3. The summed E-state index contributed by atoms with van der Waals surface area (Å²) in [5.41, 5.74) is 4.02. The molecule has 2 aromatic heterocycles. The number of rotatable bonds is 2. The Morgan fingerprint density at radius 1 is 1.13 bits per heavy atom. The van der Waals surface area contributed by atoms with Gasteiger partial charge >= 0.3 is 0 Å². The maximum Gasteiger partial charge on any atom is 0.178 e. The molecule has 2 aromatic carbocycles. The van der Waals surface area contributed by atoms with Gasteiger partial charge in [-0.1, -0.05) is 34.1 Å². The zero-order valence-corrected chi connectivity index (χ0v) is 13.5. The number of furan rings is 1. The highest BCUT2D eigenvalue weighted by atomic mass is 79.9. The number of nitrogens with one attached hydrogen (secondary N) is 1. The van der Waals surface area contributed by atoms with Crippen molar-refractivity contribution in [2.24, 2.45) is 0 Å². The molecule has 0 aliphatic heterocycles. The Morgan fingerprint density at radius 3 is 2.83 bits per heavy atom. The Balaban J connectivity index is 1.98. The molecule has 0 spiro atoms. The van der Waals surface area contributed by atoms with Crippen LogP contribution in [0, 0.1) is 11.3 Å². The van der Waals surface area contributed by atoms with E-state index in [0.29, 0.717) is 16.8 Å². The molecule has 0 radical (unpaired) electrons. The Bertz CT molecular complexity index is 1080. The van der Waals surface area contributed by atoms with Gasteiger partial charge in [0.05, 0.1) is 5.56 Å². The van der Waals surface area contributed by atoms with E-state index >= 15 is 0 Å². The third-order valence-corrected chi connectivity index (χ3v) is 4.10. The summed E-state index contributed by atoms with van der Waals surface area (Å²) in [6.07, 6.45) is 1.57. The van der Waals surface area contributed by atoms with Crippen molar-refractivity contribution in [1.82, 2.24) is 4.98 Å². The normalized spacial score (nSPS) is 10.8. The second-order valence-corrected chi connectivity index (χ2v) is 5.99. The van der Waals surface area contributed by atoms with Crippen LogP contribution in [0.15, 0.2) is 63.6 Å². The van der Waals surface area contributed by atoms with Crippen LogP contribution in [0.4, 0.5) is 11.4 Å². The quantitative estimate of drug-likeness (QED) is 0.520. The van der Waals surface area contributed by atoms with Crippen LogP contribution in [0.25, 0.3) is 22.1 Å². The smallest absolute Gasteiger partial charge is 0.178 e. The van der Waals surface area contributed by atoms with Crippen LogP contribution in [0.5, 0.6) is 0 Å². The minimum Gasteiger partial charge on any atom is -0.452 e. The number of hydrogen-bond acceptors (Lipinski definition) is 4. The number of halogens is 1. The largest absolute Gasteiger partial charge is 0.452 e. The van der Waals surface area contributed by atoms with E-state index in [1.165, 1.54) is 0 Å². The highest BCUT2D eigenvalue weighted by Crippen LogP contribution is 2.35. The second-order valence-electron chi connectivity index (χ2n) is 5.07. The monoisotopic (exact) mass is 363 g/mol. The Kier molecular flexibility index (Phi) is 3.25. The third-order valence-electron chi connectivity index (χ3n) is 3.60. The molecule has 0 saturated heterocycles. The first-order valence-electron chi connectivity index (χ1n) is 6.99. The number of nitrogens with zero attached hydrogens (tertiary/aromatic N) is 2. The minimum absolute atomic E-state index is 0.441. The summed E-state index contributed by atoms with van der Waals surface area (Å²) < 4.78 is 6.90. The predicted molar refractivity (Wildman–Crippen MR) is 93.7 cm³/mol. The van der Waals surface area contributed by atoms with Crippen molar-refractivity contribution in [2.45, 2.75) is 0 Å². The predicted octanol–water partition coefficient (Wildman–Crippen LogP) is 5.36. The van der Waals surface area contributed by atoms with Crippen molar-refractivity contribution in [3.05, 3.63) is 64.8 Å². The summed E-state index contributed by atoms with van der Waals surface area (Å²) in [6, 6.07) is 17.6. The van der Waals surface area contributed by atoms with Gasteiger partial charge in [0.25, 0.3) is 0 Å². The van der Waals surface area contributed by atoms with Crippen LogP contribution in [0.2, 0.25) is 0 Å². The number of hydrogen-bond donors (Lipinski definition) is 1. The van der Waals surface area contributed by atoms with Gasteiger partial charge in [-0.3, -0.25) is 4.98 Å². The van der Waals surface area contributed by atoms with Crippen molar-refractivity contribution in [1.29, 1.82) is 5.26 Å². The number of para-hydroxylation sites is 1. The van der Waals surface area contributed by atoms with Crippen LogP contribution in [0.1, 0.15) is 5.56 Å². The van der Waals surface area contributed by atoms with E-state index in [-0.39, 0.29) is 0 Å². The van der Waals surface area contributed by atoms with Crippen molar-refractivity contribution >= 4 is 49.4 Å². The summed E-state index contributed by atoms with van der Waals surface area (Å²) in [6.45, 7) is 0. The SMILES string of the molecule is N#Cc1cnc2c(oc3ccccc32)c1Nc1cccc(Br)c1. The first kappa shape index (κ1) is 13.8. The third kappa shape index (κ3) is 2.33. The highest BCUT2D eigenvalue weighted by molar-refractivity contribution is 9.10. The summed E-state index contributed by atoms with van der Waals surface area (Å²) in [5.74, 6) is 0. The zero-order valence-electron chi connectivity index (χ0n) is 11.9. The zero-order chi connectivity index (χ0) is 15.8.